The first kappa shape index (κ1) is 14.4. The minimum absolute atomic E-state index is 0.00854. The molecule has 5 nitrogen and oxygen atoms in total. The molecule has 1 heterocycles. The normalized spacial score (nSPS) is 16.1. The number of aryl methyl sites for hydroxylation is 1. The summed E-state index contributed by atoms with van der Waals surface area (Å²) in [6, 6.07) is 5.40. The number of nitrogen functional groups attached to an aromatic ring is 1. The lowest BCUT2D eigenvalue weighted by atomic mass is 9.93. The number of benzene rings is 1. The number of carbonyl (C=O) groups excluding carboxylic acids is 2. The van der Waals surface area contributed by atoms with Gasteiger partial charge in [0.15, 0.2) is 0 Å². The number of rotatable bonds is 3. The Labute approximate surface area is 118 Å². The summed E-state index contributed by atoms with van der Waals surface area (Å²) in [5, 5.41) is 0. The van der Waals surface area contributed by atoms with Gasteiger partial charge in [-0.2, -0.15) is 0 Å². The van der Waals surface area contributed by atoms with Gasteiger partial charge in [0, 0.05) is 30.8 Å². The van der Waals surface area contributed by atoms with Gasteiger partial charge in [0.1, 0.15) is 0 Å². The van der Waals surface area contributed by atoms with Crippen LogP contribution in [0.15, 0.2) is 18.2 Å². The Hall–Kier alpha value is -2.04. The molecule has 0 spiro atoms. The Bertz CT molecular complexity index is 520. The standard InChI is InChI=1S/C15H21N3O2/c1-10-2-3-12(9-13(10)16)15(20)18-6-4-11(5-7-18)8-14(17)19/h2-3,9,11H,4-8,16H2,1H3,(H2,17,19). The van der Waals surface area contributed by atoms with Gasteiger partial charge in [0.2, 0.25) is 5.91 Å². The van der Waals surface area contributed by atoms with Gasteiger partial charge in [-0.3, -0.25) is 9.59 Å². The van der Waals surface area contributed by atoms with Gasteiger partial charge in [-0.1, -0.05) is 6.07 Å². The van der Waals surface area contributed by atoms with Crippen molar-refractivity contribution in [2.24, 2.45) is 11.7 Å². The van der Waals surface area contributed by atoms with Crippen LogP contribution in [-0.2, 0) is 4.79 Å². The molecule has 1 aliphatic heterocycles. The highest BCUT2D eigenvalue weighted by molar-refractivity contribution is 5.95. The van der Waals surface area contributed by atoms with Gasteiger partial charge in [-0.15, -0.1) is 0 Å². The molecule has 108 valence electrons. The Morgan fingerprint density at radius 2 is 1.95 bits per heavy atom. The van der Waals surface area contributed by atoms with Gasteiger partial charge in [0.25, 0.3) is 5.91 Å². The van der Waals surface area contributed by atoms with Crippen molar-refractivity contribution in [3.63, 3.8) is 0 Å². The molecular formula is C15H21N3O2. The molecule has 0 aromatic heterocycles. The van der Waals surface area contributed by atoms with E-state index in [4.69, 9.17) is 11.5 Å². The molecule has 1 aromatic carbocycles. The van der Waals surface area contributed by atoms with Crippen molar-refractivity contribution in [1.29, 1.82) is 0 Å². The summed E-state index contributed by atoms with van der Waals surface area (Å²) >= 11 is 0. The molecule has 1 aromatic rings. The van der Waals surface area contributed by atoms with Crippen LogP contribution in [0.5, 0.6) is 0 Å². The molecule has 20 heavy (non-hydrogen) atoms. The molecule has 4 N–H and O–H groups in total. The van der Waals surface area contributed by atoms with Gasteiger partial charge in [-0.25, -0.2) is 0 Å². The smallest absolute Gasteiger partial charge is 0.253 e. The van der Waals surface area contributed by atoms with E-state index in [0.717, 1.165) is 18.4 Å². The zero-order chi connectivity index (χ0) is 14.7. The SMILES string of the molecule is Cc1ccc(C(=O)N2CCC(CC(N)=O)CC2)cc1N. The molecule has 2 rings (SSSR count). The molecule has 0 aliphatic carbocycles. The van der Waals surface area contributed by atoms with E-state index in [-0.39, 0.29) is 11.8 Å². The van der Waals surface area contributed by atoms with Crippen molar-refractivity contribution >= 4 is 17.5 Å². The second-order valence-electron chi connectivity index (χ2n) is 5.48. The van der Waals surface area contributed by atoms with Crippen LogP contribution in [0.4, 0.5) is 5.69 Å². The Morgan fingerprint density at radius 3 is 2.50 bits per heavy atom. The second kappa shape index (κ2) is 5.94. The lowest BCUT2D eigenvalue weighted by molar-refractivity contribution is -0.119. The van der Waals surface area contributed by atoms with Crippen LogP contribution in [0.1, 0.15) is 35.2 Å². The number of likely N-dealkylation sites (tertiary alicyclic amines) is 1. The van der Waals surface area contributed by atoms with Crippen LogP contribution in [0.2, 0.25) is 0 Å². The number of nitrogens with zero attached hydrogens (tertiary/aromatic N) is 1. The number of primary amides is 1. The number of nitrogens with two attached hydrogens (primary N) is 2. The van der Waals surface area contributed by atoms with Crippen molar-refractivity contribution in [3.8, 4) is 0 Å². The third-order valence-electron chi connectivity index (χ3n) is 3.92. The molecule has 1 saturated heterocycles. The van der Waals surface area contributed by atoms with Crippen LogP contribution in [0, 0.1) is 12.8 Å². The first-order valence-electron chi connectivity index (χ1n) is 6.91. The van der Waals surface area contributed by atoms with Crippen molar-refractivity contribution in [2.75, 3.05) is 18.8 Å². The largest absolute Gasteiger partial charge is 0.398 e. The fourth-order valence-electron chi connectivity index (χ4n) is 2.58. The molecule has 5 heteroatoms. The molecule has 0 unspecified atom stereocenters. The predicted octanol–water partition coefficient (Wildman–Crippen LogP) is 1.30. The highest BCUT2D eigenvalue weighted by Crippen LogP contribution is 2.22. The summed E-state index contributed by atoms with van der Waals surface area (Å²) in [6.07, 6.45) is 2.07. The van der Waals surface area contributed by atoms with Crippen LogP contribution in [0.3, 0.4) is 0 Å². The number of amides is 2. The maximum atomic E-state index is 12.4. The van der Waals surface area contributed by atoms with E-state index >= 15 is 0 Å². The minimum Gasteiger partial charge on any atom is -0.398 e. The summed E-state index contributed by atoms with van der Waals surface area (Å²) in [4.78, 5) is 25.1. The third-order valence-corrected chi connectivity index (χ3v) is 3.92. The van der Waals surface area contributed by atoms with Gasteiger partial charge in [0.05, 0.1) is 0 Å². The molecule has 0 saturated carbocycles. The van der Waals surface area contributed by atoms with Crippen molar-refractivity contribution < 1.29 is 9.59 Å². The fourth-order valence-corrected chi connectivity index (χ4v) is 2.58. The van der Waals surface area contributed by atoms with Crippen molar-refractivity contribution in [2.45, 2.75) is 26.2 Å². The molecule has 0 radical (unpaired) electrons. The van der Waals surface area contributed by atoms with E-state index in [1.807, 2.05) is 24.0 Å². The number of anilines is 1. The van der Waals surface area contributed by atoms with E-state index in [0.29, 0.717) is 36.7 Å². The average molecular weight is 275 g/mol. The molecular weight excluding hydrogens is 254 g/mol. The van der Waals surface area contributed by atoms with Gasteiger partial charge < -0.3 is 16.4 Å². The van der Waals surface area contributed by atoms with E-state index in [2.05, 4.69) is 0 Å². The Morgan fingerprint density at radius 1 is 1.30 bits per heavy atom. The van der Waals surface area contributed by atoms with Crippen LogP contribution in [0.25, 0.3) is 0 Å². The average Bonchev–Trinajstić information content (AvgIpc) is 2.41. The minimum atomic E-state index is -0.263. The van der Waals surface area contributed by atoms with E-state index in [1.54, 1.807) is 6.07 Å². The van der Waals surface area contributed by atoms with E-state index < -0.39 is 0 Å². The monoisotopic (exact) mass is 275 g/mol. The van der Waals surface area contributed by atoms with E-state index in [1.165, 1.54) is 0 Å². The summed E-state index contributed by atoms with van der Waals surface area (Å²) in [7, 11) is 0. The summed E-state index contributed by atoms with van der Waals surface area (Å²) in [5.74, 6) is 0.0509. The fraction of sp³-hybridized carbons (Fsp3) is 0.467. The predicted molar refractivity (Wildman–Crippen MR) is 78.0 cm³/mol. The van der Waals surface area contributed by atoms with Crippen LogP contribution < -0.4 is 11.5 Å². The van der Waals surface area contributed by atoms with Crippen molar-refractivity contribution in [3.05, 3.63) is 29.3 Å². The highest BCUT2D eigenvalue weighted by atomic mass is 16.2. The maximum absolute atomic E-state index is 12.4. The zero-order valence-electron chi connectivity index (χ0n) is 11.8. The lowest BCUT2D eigenvalue weighted by Gasteiger charge is -2.31. The first-order chi connectivity index (χ1) is 9.47. The van der Waals surface area contributed by atoms with Gasteiger partial charge >= 0.3 is 0 Å². The third kappa shape index (κ3) is 3.29. The van der Waals surface area contributed by atoms with Crippen LogP contribution >= 0.6 is 0 Å². The molecule has 0 atom stereocenters. The topological polar surface area (TPSA) is 89.4 Å². The number of hydrogen-bond donors (Lipinski definition) is 2. The van der Waals surface area contributed by atoms with Crippen molar-refractivity contribution in [1.82, 2.24) is 4.90 Å². The molecule has 0 bridgehead atoms. The van der Waals surface area contributed by atoms with Gasteiger partial charge in [-0.05, 0) is 43.4 Å². The zero-order valence-corrected chi connectivity index (χ0v) is 11.8. The maximum Gasteiger partial charge on any atom is 0.253 e. The Balaban J connectivity index is 1.97. The molecule has 1 aliphatic rings. The number of hydrogen-bond acceptors (Lipinski definition) is 3. The lowest BCUT2D eigenvalue weighted by Crippen LogP contribution is -2.39. The quantitative estimate of drug-likeness (QED) is 0.815. The summed E-state index contributed by atoms with van der Waals surface area (Å²) in [5.41, 5.74) is 13.3. The highest BCUT2D eigenvalue weighted by Gasteiger charge is 2.24. The first-order valence-corrected chi connectivity index (χ1v) is 6.91. The number of carbonyl (C=O) groups is 2. The van der Waals surface area contributed by atoms with E-state index in [9.17, 15) is 9.59 Å². The summed E-state index contributed by atoms with van der Waals surface area (Å²) < 4.78 is 0. The molecule has 1 fully saturated rings. The second-order valence-corrected chi connectivity index (χ2v) is 5.48. The molecule has 2 amide bonds. The summed E-state index contributed by atoms with van der Waals surface area (Å²) in [6.45, 7) is 3.26. The Kier molecular flexibility index (Phi) is 4.27. The van der Waals surface area contributed by atoms with Crippen LogP contribution in [-0.4, -0.2) is 29.8 Å². The number of piperidine rings is 1.